The molecule has 0 radical (unpaired) electrons. The van der Waals surface area contributed by atoms with Crippen molar-refractivity contribution in [1.82, 2.24) is 10.2 Å². The molecule has 0 unspecified atom stereocenters. The number of halogens is 2. The molecule has 21 heavy (non-hydrogen) atoms. The Kier molecular flexibility index (Phi) is 4.70. The van der Waals surface area contributed by atoms with E-state index in [0.717, 1.165) is 51.3 Å². The Morgan fingerprint density at radius 2 is 1.76 bits per heavy atom. The third-order valence-corrected chi connectivity index (χ3v) is 4.62. The van der Waals surface area contributed by atoms with Crippen LogP contribution in [-0.4, -0.2) is 50.2 Å². The minimum atomic E-state index is -0.772. The van der Waals surface area contributed by atoms with Gasteiger partial charge in [0.15, 0.2) is 11.6 Å². The molecular formula is C16H23F2N3. The summed E-state index contributed by atoms with van der Waals surface area (Å²) in [5.41, 5.74) is 0.796. The first-order valence-corrected chi connectivity index (χ1v) is 7.89. The molecule has 5 heteroatoms. The fourth-order valence-corrected chi connectivity index (χ4v) is 3.40. The fourth-order valence-electron chi connectivity index (χ4n) is 3.40. The van der Waals surface area contributed by atoms with Crippen molar-refractivity contribution in [3.8, 4) is 0 Å². The second kappa shape index (κ2) is 6.71. The van der Waals surface area contributed by atoms with Crippen LogP contribution in [-0.2, 0) is 0 Å². The normalized spacial score (nSPS) is 22.3. The van der Waals surface area contributed by atoms with E-state index in [2.05, 4.69) is 15.1 Å². The number of hydrogen-bond acceptors (Lipinski definition) is 3. The van der Waals surface area contributed by atoms with Crippen molar-refractivity contribution in [3.05, 3.63) is 29.8 Å². The standard InChI is InChI=1S/C16H23F2N3/c17-15-3-2-14(12-16(15)18)21-9-4-13(5-10-21)20-8-1-6-19-7-11-20/h2-3,12-13,19H,1,4-11H2. The molecule has 1 N–H and O–H groups in total. The van der Waals surface area contributed by atoms with Crippen molar-refractivity contribution >= 4 is 5.69 Å². The SMILES string of the molecule is Fc1ccc(N2CCC(N3CCCNCC3)CC2)cc1F. The van der Waals surface area contributed by atoms with Crippen molar-refractivity contribution in [2.45, 2.75) is 25.3 Å². The van der Waals surface area contributed by atoms with Crippen LogP contribution in [0.2, 0.25) is 0 Å². The largest absolute Gasteiger partial charge is 0.371 e. The minimum Gasteiger partial charge on any atom is -0.371 e. The van der Waals surface area contributed by atoms with Gasteiger partial charge in [0.2, 0.25) is 0 Å². The van der Waals surface area contributed by atoms with Gasteiger partial charge in [0, 0.05) is 44.0 Å². The summed E-state index contributed by atoms with van der Waals surface area (Å²) in [6.07, 6.45) is 3.40. The molecule has 2 aliphatic heterocycles. The number of hydrogen-bond donors (Lipinski definition) is 1. The van der Waals surface area contributed by atoms with Crippen molar-refractivity contribution in [1.29, 1.82) is 0 Å². The summed E-state index contributed by atoms with van der Waals surface area (Å²) in [6.45, 7) is 6.31. The molecule has 0 aliphatic carbocycles. The second-order valence-electron chi connectivity index (χ2n) is 5.96. The molecule has 116 valence electrons. The summed E-state index contributed by atoms with van der Waals surface area (Å²) in [4.78, 5) is 4.75. The van der Waals surface area contributed by atoms with Crippen molar-refractivity contribution < 1.29 is 8.78 Å². The molecule has 2 fully saturated rings. The van der Waals surface area contributed by atoms with Crippen molar-refractivity contribution in [2.24, 2.45) is 0 Å². The summed E-state index contributed by atoms with van der Waals surface area (Å²) < 4.78 is 26.3. The van der Waals surface area contributed by atoms with E-state index < -0.39 is 11.6 Å². The van der Waals surface area contributed by atoms with Crippen LogP contribution in [0.1, 0.15) is 19.3 Å². The zero-order chi connectivity index (χ0) is 14.7. The summed E-state index contributed by atoms with van der Waals surface area (Å²) in [7, 11) is 0. The topological polar surface area (TPSA) is 18.5 Å². The third-order valence-electron chi connectivity index (χ3n) is 4.62. The van der Waals surface area contributed by atoms with Crippen LogP contribution in [0.25, 0.3) is 0 Å². The number of rotatable bonds is 2. The van der Waals surface area contributed by atoms with Gasteiger partial charge in [-0.15, -0.1) is 0 Å². The van der Waals surface area contributed by atoms with E-state index in [-0.39, 0.29) is 0 Å². The van der Waals surface area contributed by atoms with Crippen LogP contribution < -0.4 is 10.2 Å². The number of benzene rings is 1. The maximum Gasteiger partial charge on any atom is 0.160 e. The lowest BCUT2D eigenvalue weighted by atomic mass is 10.0. The average Bonchev–Trinajstić information content (AvgIpc) is 2.79. The van der Waals surface area contributed by atoms with Gasteiger partial charge in [-0.1, -0.05) is 0 Å². The zero-order valence-corrected chi connectivity index (χ0v) is 12.3. The molecule has 2 saturated heterocycles. The van der Waals surface area contributed by atoms with Gasteiger partial charge in [-0.25, -0.2) is 8.78 Å². The maximum absolute atomic E-state index is 13.3. The van der Waals surface area contributed by atoms with E-state index >= 15 is 0 Å². The van der Waals surface area contributed by atoms with E-state index in [1.807, 2.05) is 0 Å². The molecule has 3 rings (SSSR count). The van der Waals surface area contributed by atoms with Gasteiger partial charge in [0.25, 0.3) is 0 Å². The van der Waals surface area contributed by atoms with E-state index in [1.165, 1.54) is 25.1 Å². The van der Waals surface area contributed by atoms with Gasteiger partial charge < -0.3 is 10.2 Å². The molecule has 1 aromatic carbocycles. The smallest absolute Gasteiger partial charge is 0.160 e. The van der Waals surface area contributed by atoms with Gasteiger partial charge in [-0.05, 0) is 44.5 Å². The number of piperidine rings is 1. The summed E-state index contributed by atoms with van der Waals surface area (Å²) in [5.74, 6) is -1.53. The fraction of sp³-hybridized carbons (Fsp3) is 0.625. The molecule has 0 bridgehead atoms. The number of nitrogens with one attached hydrogen (secondary N) is 1. The van der Waals surface area contributed by atoms with Crippen LogP contribution in [0.15, 0.2) is 18.2 Å². The Morgan fingerprint density at radius 3 is 2.52 bits per heavy atom. The maximum atomic E-state index is 13.3. The lowest BCUT2D eigenvalue weighted by Crippen LogP contribution is -2.46. The van der Waals surface area contributed by atoms with Gasteiger partial charge in [0.05, 0.1) is 0 Å². The third kappa shape index (κ3) is 3.52. The minimum absolute atomic E-state index is 0.631. The highest BCUT2D eigenvalue weighted by atomic mass is 19.2. The molecule has 2 aliphatic rings. The first-order chi connectivity index (χ1) is 10.2. The van der Waals surface area contributed by atoms with Gasteiger partial charge >= 0.3 is 0 Å². The highest BCUT2D eigenvalue weighted by molar-refractivity contribution is 5.47. The predicted octanol–water partition coefficient (Wildman–Crippen LogP) is 2.23. The Bertz CT molecular complexity index is 465. The Hall–Kier alpha value is -1.20. The molecule has 0 atom stereocenters. The Balaban J connectivity index is 1.58. The monoisotopic (exact) mass is 295 g/mol. The predicted molar refractivity (Wildman–Crippen MR) is 80.7 cm³/mol. The Morgan fingerprint density at radius 1 is 0.952 bits per heavy atom. The molecule has 2 heterocycles. The van der Waals surface area contributed by atoms with Gasteiger partial charge in [-0.3, -0.25) is 4.90 Å². The molecule has 0 saturated carbocycles. The first kappa shape index (κ1) is 14.7. The second-order valence-corrected chi connectivity index (χ2v) is 5.96. The van der Waals surface area contributed by atoms with Crippen LogP contribution in [0.5, 0.6) is 0 Å². The van der Waals surface area contributed by atoms with Gasteiger partial charge in [-0.2, -0.15) is 0 Å². The highest BCUT2D eigenvalue weighted by Crippen LogP contribution is 2.24. The molecule has 0 amide bonds. The van der Waals surface area contributed by atoms with Crippen LogP contribution in [0.3, 0.4) is 0 Å². The molecular weight excluding hydrogens is 272 g/mol. The van der Waals surface area contributed by atoms with Crippen molar-refractivity contribution in [3.63, 3.8) is 0 Å². The van der Waals surface area contributed by atoms with Crippen LogP contribution >= 0.6 is 0 Å². The first-order valence-electron chi connectivity index (χ1n) is 7.89. The lowest BCUT2D eigenvalue weighted by molar-refractivity contribution is 0.180. The average molecular weight is 295 g/mol. The van der Waals surface area contributed by atoms with Crippen LogP contribution in [0.4, 0.5) is 14.5 Å². The van der Waals surface area contributed by atoms with E-state index in [1.54, 1.807) is 6.07 Å². The van der Waals surface area contributed by atoms with E-state index in [0.29, 0.717) is 6.04 Å². The van der Waals surface area contributed by atoms with Crippen LogP contribution in [0, 0.1) is 11.6 Å². The lowest BCUT2D eigenvalue weighted by Gasteiger charge is -2.39. The summed E-state index contributed by atoms with van der Waals surface area (Å²) in [5, 5.41) is 3.43. The molecule has 1 aromatic rings. The van der Waals surface area contributed by atoms with E-state index in [9.17, 15) is 8.78 Å². The quantitative estimate of drug-likeness (QED) is 0.902. The number of anilines is 1. The Labute approximate surface area is 124 Å². The summed E-state index contributed by atoms with van der Waals surface area (Å²) in [6, 6.07) is 4.84. The molecule has 0 aromatic heterocycles. The zero-order valence-electron chi connectivity index (χ0n) is 12.3. The number of nitrogens with zero attached hydrogens (tertiary/aromatic N) is 2. The van der Waals surface area contributed by atoms with Gasteiger partial charge in [0.1, 0.15) is 0 Å². The molecule has 0 spiro atoms. The van der Waals surface area contributed by atoms with Crippen molar-refractivity contribution in [2.75, 3.05) is 44.2 Å². The summed E-state index contributed by atoms with van der Waals surface area (Å²) >= 11 is 0. The van der Waals surface area contributed by atoms with E-state index in [4.69, 9.17) is 0 Å². The highest BCUT2D eigenvalue weighted by Gasteiger charge is 2.25. The molecule has 3 nitrogen and oxygen atoms in total.